The van der Waals surface area contributed by atoms with Gasteiger partial charge in [-0.2, -0.15) is 0 Å². The van der Waals surface area contributed by atoms with Gasteiger partial charge in [-0.25, -0.2) is 59.4 Å². The molecule has 0 unspecified atom stereocenters. The van der Waals surface area contributed by atoms with Crippen LogP contribution in [0.4, 0.5) is 39.5 Å². The van der Waals surface area contributed by atoms with E-state index in [1.165, 1.54) is 12.1 Å². The second kappa shape index (κ2) is 8.57. The Balaban J connectivity index is 1.88. The Morgan fingerprint density at radius 3 is 1.46 bits per heavy atom. The van der Waals surface area contributed by atoms with Gasteiger partial charge in [-0.3, -0.25) is 0 Å². The smallest absolute Gasteiger partial charge is 0.266 e. The van der Waals surface area contributed by atoms with Gasteiger partial charge in [0.05, 0.1) is 11.1 Å². The van der Waals surface area contributed by atoms with Crippen LogP contribution in [0.3, 0.4) is 0 Å². The molecule has 0 saturated heterocycles. The van der Waals surface area contributed by atoms with E-state index in [0.29, 0.717) is 0 Å². The number of benzene rings is 3. The Morgan fingerprint density at radius 2 is 0.946 bits per heavy atom. The number of nitrogens with zero attached hydrogens (tertiary/aromatic N) is 4. The summed E-state index contributed by atoms with van der Waals surface area (Å²) in [5.41, 5.74) is -3.95. The van der Waals surface area contributed by atoms with Crippen molar-refractivity contribution < 1.29 is 43.9 Å². The zero-order valence-electron chi connectivity index (χ0n) is 17.9. The summed E-state index contributed by atoms with van der Waals surface area (Å²) < 4.78 is 134. The van der Waals surface area contributed by atoms with Gasteiger partial charge in [-0.05, 0) is 19.1 Å². The van der Waals surface area contributed by atoms with Crippen LogP contribution in [0.25, 0.3) is 45.6 Å². The third-order valence-corrected chi connectivity index (χ3v) is 5.26. The number of oxazole rings is 1. The van der Waals surface area contributed by atoms with E-state index >= 15 is 0 Å². The number of para-hydroxylation sites is 2. The summed E-state index contributed by atoms with van der Waals surface area (Å²) >= 11 is 0. The van der Waals surface area contributed by atoms with E-state index in [-0.39, 0.29) is 11.1 Å². The summed E-state index contributed by atoms with van der Waals surface area (Å²) in [6.07, 6.45) is 0. The molecule has 5 nitrogen and oxygen atoms in total. The third-order valence-electron chi connectivity index (χ3n) is 5.26. The fourth-order valence-electron chi connectivity index (χ4n) is 3.40. The highest BCUT2D eigenvalue weighted by atomic mass is 19.2. The standard InChI is InChI=1S/C23H7F9N4O/c1-6-11(24)13(26)9(14(27)12(6)25)20-34-21(10-15(28)17(30)19(32)18(31)16(10)29)36-22(35-20)23-33-7-4-2-3-5-8(7)37-23/h2-5H,1H3. The lowest BCUT2D eigenvalue weighted by atomic mass is 10.1. The average molecular weight is 526 g/mol. The summed E-state index contributed by atoms with van der Waals surface area (Å²) in [5, 5.41) is 0. The molecular weight excluding hydrogens is 519 g/mol. The molecule has 5 rings (SSSR count). The second-order valence-corrected chi connectivity index (χ2v) is 7.49. The molecule has 5 aromatic rings. The molecule has 0 aliphatic rings. The Hall–Kier alpha value is -4.49. The zero-order chi connectivity index (χ0) is 26.8. The van der Waals surface area contributed by atoms with E-state index in [2.05, 4.69) is 19.9 Å². The lowest BCUT2D eigenvalue weighted by Gasteiger charge is -2.12. The van der Waals surface area contributed by atoms with Crippen LogP contribution < -0.4 is 0 Å². The van der Waals surface area contributed by atoms with Crippen LogP contribution in [-0.2, 0) is 0 Å². The van der Waals surface area contributed by atoms with Crippen molar-refractivity contribution in [1.29, 1.82) is 0 Å². The lowest BCUT2D eigenvalue weighted by Crippen LogP contribution is -2.10. The largest absolute Gasteiger partial charge is 0.434 e. The number of hydrogen-bond acceptors (Lipinski definition) is 5. The number of rotatable bonds is 3. The van der Waals surface area contributed by atoms with Crippen molar-refractivity contribution >= 4 is 11.1 Å². The maximum Gasteiger partial charge on any atom is 0.266 e. The number of fused-ring (bicyclic) bond motifs is 1. The molecule has 3 aromatic carbocycles. The Morgan fingerprint density at radius 1 is 0.514 bits per heavy atom. The molecule has 0 radical (unpaired) electrons. The molecule has 0 atom stereocenters. The van der Waals surface area contributed by atoms with Crippen molar-refractivity contribution in [2.45, 2.75) is 6.92 Å². The highest BCUT2D eigenvalue weighted by molar-refractivity contribution is 5.75. The summed E-state index contributed by atoms with van der Waals surface area (Å²) in [5.74, 6) is -23.6. The maximum absolute atomic E-state index is 14.7. The highest BCUT2D eigenvalue weighted by Gasteiger charge is 2.32. The quantitative estimate of drug-likeness (QED) is 0.151. The molecule has 14 heteroatoms. The summed E-state index contributed by atoms with van der Waals surface area (Å²) in [4.78, 5) is 14.6. The molecule has 37 heavy (non-hydrogen) atoms. The van der Waals surface area contributed by atoms with Crippen molar-refractivity contribution in [3.8, 4) is 34.5 Å². The van der Waals surface area contributed by atoms with Crippen LogP contribution in [-0.4, -0.2) is 19.9 Å². The van der Waals surface area contributed by atoms with E-state index < -0.39 is 92.4 Å². The molecule has 0 bridgehead atoms. The molecule has 2 heterocycles. The van der Waals surface area contributed by atoms with Gasteiger partial charge >= 0.3 is 0 Å². The number of halogens is 9. The fourth-order valence-corrected chi connectivity index (χ4v) is 3.40. The van der Waals surface area contributed by atoms with Crippen LogP contribution in [0.5, 0.6) is 0 Å². The van der Waals surface area contributed by atoms with Gasteiger partial charge in [0.15, 0.2) is 63.8 Å². The van der Waals surface area contributed by atoms with Gasteiger partial charge in [0.2, 0.25) is 11.6 Å². The Kier molecular flexibility index (Phi) is 5.61. The van der Waals surface area contributed by atoms with Crippen molar-refractivity contribution in [2.75, 3.05) is 0 Å². The first-order valence-corrected chi connectivity index (χ1v) is 9.98. The predicted octanol–water partition coefficient (Wildman–Crippen LogP) is 6.57. The molecule has 0 amide bonds. The first kappa shape index (κ1) is 24.2. The van der Waals surface area contributed by atoms with Crippen LogP contribution in [0.1, 0.15) is 5.56 Å². The maximum atomic E-state index is 14.7. The van der Waals surface area contributed by atoms with Gasteiger partial charge in [-0.1, -0.05) is 12.1 Å². The SMILES string of the molecule is Cc1c(F)c(F)c(-c2nc(-c3nc4ccccc4o3)nc(-c3c(F)c(F)c(F)c(F)c3F)n2)c(F)c1F. The topological polar surface area (TPSA) is 64.7 Å². The molecule has 0 fully saturated rings. The van der Waals surface area contributed by atoms with Gasteiger partial charge < -0.3 is 4.42 Å². The first-order chi connectivity index (χ1) is 17.5. The van der Waals surface area contributed by atoms with Gasteiger partial charge in [0.1, 0.15) is 5.52 Å². The van der Waals surface area contributed by atoms with Crippen LogP contribution >= 0.6 is 0 Å². The summed E-state index contributed by atoms with van der Waals surface area (Å²) in [7, 11) is 0. The van der Waals surface area contributed by atoms with Gasteiger partial charge in [-0.15, -0.1) is 0 Å². The zero-order valence-corrected chi connectivity index (χ0v) is 17.9. The van der Waals surface area contributed by atoms with Crippen LogP contribution in [0.2, 0.25) is 0 Å². The molecule has 0 aliphatic carbocycles. The first-order valence-electron chi connectivity index (χ1n) is 9.98. The molecule has 0 N–H and O–H groups in total. The molecule has 0 saturated carbocycles. The van der Waals surface area contributed by atoms with Crippen molar-refractivity contribution in [1.82, 2.24) is 19.9 Å². The van der Waals surface area contributed by atoms with E-state index in [1.807, 2.05) is 0 Å². The average Bonchev–Trinajstić information content (AvgIpc) is 3.33. The minimum Gasteiger partial charge on any atom is -0.434 e. The summed E-state index contributed by atoms with van der Waals surface area (Å²) in [6, 6.07) is 5.98. The predicted molar refractivity (Wildman–Crippen MR) is 108 cm³/mol. The number of aromatic nitrogens is 4. The normalized spacial score (nSPS) is 11.5. The van der Waals surface area contributed by atoms with E-state index in [4.69, 9.17) is 4.42 Å². The highest BCUT2D eigenvalue weighted by Crippen LogP contribution is 2.35. The van der Waals surface area contributed by atoms with E-state index in [9.17, 15) is 39.5 Å². The fraction of sp³-hybridized carbons (Fsp3) is 0.0435. The summed E-state index contributed by atoms with van der Waals surface area (Å²) in [6.45, 7) is 0.734. The van der Waals surface area contributed by atoms with Crippen molar-refractivity contribution in [3.05, 3.63) is 82.2 Å². The van der Waals surface area contributed by atoms with E-state index in [0.717, 1.165) is 6.92 Å². The molecular formula is C23H7F9N4O. The van der Waals surface area contributed by atoms with Gasteiger partial charge in [0.25, 0.3) is 5.89 Å². The minimum atomic E-state index is -2.49. The molecule has 2 aromatic heterocycles. The molecule has 0 spiro atoms. The number of hydrogen-bond donors (Lipinski definition) is 0. The van der Waals surface area contributed by atoms with Crippen LogP contribution in [0, 0.1) is 59.3 Å². The third kappa shape index (κ3) is 3.67. The molecule has 0 aliphatic heterocycles. The minimum absolute atomic E-state index is 0.127. The molecule has 188 valence electrons. The Bertz CT molecular complexity index is 1570. The second-order valence-electron chi connectivity index (χ2n) is 7.49. The lowest BCUT2D eigenvalue weighted by molar-refractivity contribution is 0.380. The van der Waals surface area contributed by atoms with Crippen molar-refractivity contribution in [3.63, 3.8) is 0 Å². The van der Waals surface area contributed by atoms with Crippen LogP contribution in [0.15, 0.2) is 28.7 Å². The monoisotopic (exact) mass is 526 g/mol. The van der Waals surface area contributed by atoms with E-state index in [1.54, 1.807) is 12.1 Å². The van der Waals surface area contributed by atoms with Crippen molar-refractivity contribution in [2.24, 2.45) is 0 Å². The Labute approximate surface area is 199 Å². The van der Waals surface area contributed by atoms with Gasteiger partial charge in [0, 0.05) is 5.56 Å².